The molecule has 2 atom stereocenters. The van der Waals surface area contributed by atoms with Crippen molar-refractivity contribution in [2.45, 2.75) is 31.2 Å². The molecule has 4 nitrogen and oxygen atoms in total. The number of benzene rings is 2. The zero-order valence-electron chi connectivity index (χ0n) is 15.9. The van der Waals surface area contributed by atoms with E-state index in [0.717, 1.165) is 49.6 Å². The number of hydrogen-bond donors (Lipinski definition) is 1. The quantitative estimate of drug-likeness (QED) is 0.835. The third kappa shape index (κ3) is 3.09. The predicted octanol–water partition coefficient (Wildman–Crippen LogP) is 4.34. The fourth-order valence-electron chi connectivity index (χ4n) is 5.11. The molecule has 2 aromatic rings. The molecule has 0 radical (unpaired) electrons. The maximum atomic E-state index is 11.3. The van der Waals surface area contributed by atoms with E-state index in [4.69, 9.17) is 11.6 Å². The van der Waals surface area contributed by atoms with Crippen LogP contribution in [0.25, 0.3) is 0 Å². The first-order valence-electron chi connectivity index (χ1n) is 10.2. The van der Waals surface area contributed by atoms with Gasteiger partial charge in [-0.2, -0.15) is 0 Å². The van der Waals surface area contributed by atoms with Gasteiger partial charge in [0.05, 0.1) is 16.6 Å². The van der Waals surface area contributed by atoms with Crippen molar-refractivity contribution in [2.24, 2.45) is 5.92 Å². The van der Waals surface area contributed by atoms with Crippen LogP contribution in [-0.4, -0.2) is 42.2 Å². The van der Waals surface area contributed by atoms with Crippen molar-refractivity contribution in [3.05, 3.63) is 64.2 Å². The Morgan fingerprint density at radius 1 is 1.07 bits per heavy atom. The van der Waals surface area contributed by atoms with Crippen molar-refractivity contribution in [3.63, 3.8) is 0 Å². The highest BCUT2D eigenvalue weighted by atomic mass is 35.5. The number of carboxylic acids is 1. The topological polar surface area (TPSA) is 43.8 Å². The van der Waals surface area contributed by atoms with E-state index in [-0.39, 0.29) is 5.92 Å². The van der Waals surface area contributed by atoms with Gasteiger partial charge in [-0.1, -0.05) is 41.9 Å². The molecular weight excluding hydrogens is 372 g/mol. The summed E-state index contributed by atoms with van der Waals surface area (Å²) in [7, 11) is 0. The summed E-state index contributed by atoms with van der Waals surface area (Å²) >= 11 is 6.33. The maximum absolute atomic E-state index is 11.3. The van der Waals surface area contributed by atoms with Gasteiger partial charge in [0.25, 0.3) is 0 Å². The number of para-hydroxylation sites is 1. The second kappa shape index (κ2) is 7.09. The summed E-state index contributed by atoms with van der Waals surface area (Å²) < 4.78 is 0. The summed E-state index contributed by atoms with van der Waals surface area (Å²) in [4.78, 5) is 16.0. The number of aryl methyl sites for hydroxylation is 1. The SMILES string of the molecule is O=C(O)C1CCN(C2CCc3cc(C4CN(c5ccccc5Cl)C4)ccc32)C1. The number of anilines is 1. The molecule has 0 bridgehead atoms. The summed E-state index contributed by atoms with van der Waals surface area (Å²) in [5, 5.41) is 10.1. The fourth-order valence-corrected chi connectivity index (χ4v) is 5.37. The molecule has 3 aliphatic rings. The highest BCUT2D eigenvalue weighted by Crippen LogP contribution is 2.41. The van der Waals surface area contributed by atoms with E-state index in [1.807, 2.05) is 18.2 Å². The molecule has 2 aromatic carbocycles. The van der Waals surface area contributed by atoms with Crippen LogP contribution in [0.15, 0.2) is 42.5 Å². The standard InChI is InChI=1S/C23H25ClN2O2/c24-20-3-1-2-4-22(20)26-13-18(14-26)15-5-7-19-16(11-15)6-8-21(19)25-10-9-17(12-25)23(27)28/h1-5,7,11,17-18,21H,6,8-10,12-14H2,(H,27,28). The van der Waals surface area contributed by atoms with Crippen LogP contribution in [0, 0.1) is 5.92 Å². The van der Waals surface area contributed by atoms with Crippen molar-refractivity contribution in [1.29, 1.82) is 0 Å². The normalized spacial score (nSPS) is 25.0. The summed E-state index contributed by atoms with van der Waals surface area (Å²) in [6.07, 6.45) is 2.99. The Kier molecular flexibility index (Phi) is 4.56. The number of carbonyl (C=O) groups is 1. The van der Waals surface area contributed by atoms with E-state index in [1.54, 1.807) is 0 Å². The first kappa shape index (κ1) is 18.0. The Hall–Kier alpha value is -2.04. The monoisotopic (exact) mass is 396 g/mol. The molecule has 146 valence electrons. The molecular formula is C23H25ClN2O2. The number of likely N-dealkylation sites (tertiary alicyclic amines) is 1. The average molecular weight is 397 g/mol. The molecule has 2 fully saturated rings. The number of carboxylic acid groups (broad SMARTS) is 1. The summed E-state index contributed by atoms with van der Waals surface area (Å²) in [5.74, 6) is -0.290. The zero-order chi connectivity index (χ0) is 19.3. The first-order valence-corrected chi connectivity index (χ1v) is 10.6. The highest BCUT2D eigenvalue weighted by molar-refractivity contribution is 6.33. The Bertz CT molecular complexity index is 909. The Morgan fingerprint density at radius 2 is 1.89 bits per heavy atom. The Morgan fingerprint density at radius 3 is 2.64 bits per heavy atom. The number of hydrogen-bond acceptors (Lipinski definition) is 3. The third-order valence-electron chi connectivity index (χ3n) is 6.77. The minimum absolute atomic E-state index is 0.200. The summed E-state index contributed by atoms with van der Waals surface area (Å²) in [6.45, 7) is 3.62. The lowest BCUT2D eigenvalue weighted by Gasteiger charge is -2.42. The first-order chi connectivity index (χ1) is 13.6. The van der Waals surface area contributed by atoms with E-state index in [2.05, 4.69) is 34.1 Å². The van der Waals surface area contributed by atoms with Gasteiger partial charge >= 0.3 is 5.97 Å². The zero-order valence-corrected chi connectivity index (χ0v) is 16.6. The van der Waals surface area contributed by atoms with Crippen LogP contribution in [-0.2, 0) is 11.2 Å². The molecule has 5 rings (SSSR count). The van der Waals surface area contributed by atoms with Crippen LogP contribution in [0.2, 0.25) is 5.02 Å². The molecule has 5 heteroatoms. The molecule has 0 amide bonds. The van der Waals surface area contributed by atoms with Crippen molar-refractivity contribution in [3.8, 4) is 0 Å². The molecule has 2 heterocycles. The third-order valence-corrected chi connectivity index (χ3v) is 7.09. The molecule has 2 unspecified atom stereocenters. The molecule has 28 heavy (non-hydrogen) atoms. The van der Waals surface area contributed by atoms with Gasteiger partial charge in [0.2, 0.25) is 0 Å². The van der Waals surface area contributed by atoms with Crippen LogP contribution in [0.3, 0.4) is 0 Å². The molecule has 1 aliphatic carbocycles. The van der Waals surface area contributed by atoms with E-state index in [1.165, 1.54) is 16.7 Å². The predicted molar refractivity (Wildman–Crippen MR) is 111 cm³/mol. The smallest absolute Gasteiger partial charge is 0.307 e. The minimum Gasteiger partial charge on any atom is -0.481 e. The molecule has 0 spiro atoms. The Labute approximate surface area is 170 Å². The van der Waals surface area contributed by atoms with E-state index in [9.17, 15) is 9.90 Å². The van der Waals surface area contributed by atoms with Gasteiger partial charge in [-0.3, -0.25) is 9.69 Å². The maximum Gasteiger partial charge on any atom is 0.307 e. The number of fused-ring (bicyclic) bond motifs is 1. The van der Waals surface area contributed by atoms with Crippen molar-refractivity contribution < 1.29 is 9.90 Å². The van der Waals surface area contributed by atoms with E-state index < -0.39 is 5.97 Å². The average Bonchev–Trinajstić information content (AvgIpc) is 3.28. The minimum atomic E-state index is -0.649. The Balaban J connectivity index is 1.27. The highest BCUT2D eigenvalue weighted by Gasteiger charge is 2.36. The lowest BCUT2D eigenvalue weighted by molar-refractivity contribution is -0.141. The second-order valence-corrected chi connectivity index (χ2v) is 8.79. The molecule has 2 saturated heterocycles. The van der Waals surface area contributed by atoms with Crippen LogP contribution in [0.1, 0.15) is 41.5 Å². The van der Waals surface area contributed by atoms with Gasteiger partial charge < -0.3 is 10.0 Å². The van der Waals surface area contributed by atoms with Gasteiger partial charge in [-0.25, -0.2) is 0 Å². The van der Waals surface area contributed by atoms with Gasteiger partial charge in [0.15, 0.2) is 0 Å². The lowest BCUT2D eigenvalue weighted by atomic mass is 9.89. The van der Waals surface area contributed by atoms with Crippen molar-refractivity contribution >= 4 is 23.3 Å². The van der Waals surface area contributed by atoms with Crippen LogP contribution >= 0.6 is 11.6 Å². The summed E-state index contributed by atoms with van der Waals surface area (Å²) in [6, 6.07) is 15.4. The van der Waals surface area contributed by atoms with Gasteiger partial charge in [0, 0.05) is 31.6 Å². The van der Waals surface area contributed by atoms with Gasteiger partial charge in [0.1, 0.15) is 0 Å². The lowest BCUT2D eigenvalue weighted by Crippen LogP contribution is -2.45. The second-order valence-electron chi connectivity index (χ2n) is 8.38. The van der Waals surface area contributed by atoms with Crippen LogP contribution in [0.5, 0.6) is 0 Å². The number of aliphatic carboxylic acids is 1. The van der Waals surface area contributed by atoms with Crippen molar-refractivity contribution in [1.82, 2.24) is 4.90 Å². The van der Waals surface area contributed by atoms with Crippen molar-refractivity contribution in [2.75, 3.05) is 31.1 Å². The van der Waals surface area contributed by atoms with Crippen LogP contribution < -0.4 is 4.90 Å². The largest absolute Gasteiger partial charge is 0.481 e. The fraction of sp³-hybridized carbons (Fsp3) is 0.435. The van der Waals surface area contributed by atoms with Gasteiger partial charge in [-0.15, -0.1) is 0 Å². The van der Waals surface area contributed by atoms with Crippen LogP contribution in [0.4, 0.5) is 5.69 Å². The summed E-state index contributed by atoms with van der Waals surface area (Å²) in [5.41, 5.74) is 5.42. The molecule has 1 N–H and O–H groups in total. The van der Waals surface area contributed by atoms with Gasteiger partial charge in [-0.05, 0) is 54.6 Å². The number of halogens is 1. The number of nitrogens with zero attached hydrogens (tertiary/aromatic N) is 2. The van der Waals surface area contributed by atoms with E-state index >= 15 is 0 Å². The number of rotatable bonds is 4. The van der Waals surface area contributed by atoms with E-state index in [0.29, 0.717) is 18.5 Å². The molecule has 0 aromatic heterocycles. The molecule has 0 saturated carbocycles. The molecule has 2 aliphatic heterocycles.